The molecule has 0 bridgehead atoms. The smallest absolute Gasteiger partial charge is 0.231 e. The van der Waals surface area contributed by atoms with Crippen LogP contribution in [0.3, 0.4) is 0 Å². The molecule has 4 rings (SSSR count). The summed E-state index contributed by atoms with van der Waals surface area (Å²) in [5, 5.41) is 27.1. The number of alkyl halides is 1. The molecule has 0 spiro atoms. The van der Waals surface area contributed by atoms with E-state index in [9.17, 15) is 10.4 Å². The molecule has 0 saturated heterocycles. The quantitative estimate of drug-likeness (QED) is 0.107. The molecule has 2 aliphatic heterocycles. The molecule has 2 atom stereocenters. The number of likely N-dealkylation sites (N-methyl/N-ethyl adjacent to an activating group) is 1. The Morgan fingerprint density at radius 3 is 2.51 bits per heavy atom. The maximum Gasteiger partial charge on any atom is 0.231 e. The Balaban J connectivity index is 1.74. The molecule has 0 aromatic rings. The highest BCUT2D eigenvalue weighted by Crippen LogP contribution is 2.49. The molecule has 4 aliphatic rings. The fourth-order valence-electron chi connectivity index (χ4n) is 6.93. The van der Waals surface area contributed by atoms with Gasteiger partial charge in [-0.15, -0.1) is 0 Å². The summed E-state index contributed by atoms with van der Waals surface area (Å²) in [5.74, 6) is 0.529. The van der Waals surface area contributed by atoms with Crippen molar-refractivity contribution in [1.29, 1.82) is 5.26 Å². The zero-order valence-electron chi connectivity index (χ0n) is 23.7. The summed E-state index contributed by atoms with van der Waals surface area (Å²) in [6.07, 6.45) is 15.4. The standard InChI is InChI=1S/C30H45IN5O/c1-28(2)13-11-20(12-14-28)25-23(35-27(37)26-31-33-18-22(17-32)34-26)9-8-10-24(36(25)7)21-15-29(3,4)19-30(5,6)16-21/h8-9,11,18,21,26-27,34-35,37H,10,12-16,19H2,1-7H3/q+1. The highest BCUT2D eigenvalue weighted by molar-refractivity contribution is 14.2. The van der Waals surface area contributed by atoms with Crippen LogP contribution in [0.2, 0.25) is 0 Å². The van der Waals surface area contributed by atoms with E-state index in [4.69, 9.17) is 0 Å². The fourth-order valence-corrected chi connectivity index (χ4v) is 8.68. The maximum atomic E-state index is 11.2. The number of nitrogens with one attached hydrogen (secondary N) is 2. The maximum absolute atomic E-state index is 11.2. The zero-order chi connectivity index (χ0) is 27.0. The molecule has 37 heavy (non-hydrogen) atoms. The molecule has 6 nitrogen and oxygen atoms in total. The van der Waals surface area contributed by atoms with E-state index in [1.165, 1.54) is 36.2 Å². The number of halogens is 1. The van der Waals surface area contributed by atoms with Crippen LogP contribution in [0.15, 0.2) is 50.2 Å². The highest BCUT2D eigenvalue weighted by Gasteiger charge is 2.43. The molecule has 0 amide bonds. The molecule has 2 unspecified atom stereocenters. The van der Waals surface area contributed by atoms with Gasteiger partial charge < -0.3 is 15.7 Å². The van der Waals surface area contributed by atoms with Crippen molar-refractivity contribution in [2.45, 2.75) is 96.8 Å². The topological polar surface area (TPSA) is 83.5 Å². The second-order valence-corrected chi connectivity index (χ2v) is 16.1. The summed E-state index contributed by atoms with van der Waals surface area (Å²) in [5.41, 5.74) is 6.37. The average molecular weight is 619 g/mol. The number of hydrogen-bond donors (Lipinski definition) is 3. The normalized spacial score (nSPS) is 28.2. The van der Waals surface area contributed by atoms with Crippen LogP contribution in [0.25, 0.3) is 0 Å². The van der Waals surface area contributed by atoms with E-state index in [2.05, 4.69) is 91.2 Å². The largest absolute Gasteiger partial charge is 0.371 e. The first-order valence-electron chi connectivity index (χ1n) is 13.6. The van der Waals surface area contributed by atoms with Gasteiger partial charge in [-0.2, -0.15) is 5.26 Å². The summed E-state index contributed by atoms with van der Waals surface area (Å²) in [7, 11) is 2.23. The van der Waals surface area contributed by atoms with Gasteiger partial charge in [0.15, 0.2) is 11.9 Å². The van der Waals surface area contributed by atoms with Crippen LogP contribution >= 0.6 is 21.0 Å². The molecular formula is C30H45IN5O+. The van der Waals surface area contributed by atoms with Crippen LogP contribution in [0.4, 0.5) is 0 Å². The first kappa shape index (κ1) is 28.2. The average Bonchev–Trinajstić information content (AvgIpc) is 2.96. The van der Waals surface area contributed by atoms with Gasteiger partial charge in [-0.05, 0) is 60.8 Å². The Kier molecular flexibility index (Phi) is 8.21. The third-order valence-corrected chi connectivity index (χ3v) is 10.5. The van der Waals surface area contributed by atoms with Crippen molar-refractivity contribution >= 4 is 26.7 Å². The van der Waals surface area contributed by atoms with Crippen molar-refractivity contribution in [2.75, 3.05) is 7.05 Å². The summed E-state index contributed by atoms with van der Waals surface area (Å²) in [4.78, 5) is 0. The van der Waals surface area contributed by atoms with Crippen molar-refractivity contribution in [3.8, 4) is 6.07 Å². The number of allylic oxidation sites excluding steroid dienone is 5. The first-order chi connectivity index (χ1) is 17.3. The first-order valence-corrected chi connectivity index (χ1v) is 15.8. The number of rotatable bonds is 5. The highest BCUT2D eigenvalue weighted by atomic mass is 127. The molecule has 2 heterocycles. The van der Waals surface area contributed by atoms with Crippen LogP contribution in [0.5, 0.6) is 0 Å². The number of hydrogen-bond acceptors (Lipinski definition) is 5. The lowest BCUT2D eigenvalue weighted by molar-refractivity contribution is -0.445. The Morgan fingerprint density at radius 1 is 1.19 bits per heavy atom. The molecule has 1 fully saturated rings. The number of nitriles is 1. The van der Waals surface area contributed by atoms with E-state index in [1.54, 1.807) is 6.20 Å². The van der Waals surface area contributed by atoms with Gasteiger partial charge in [0.25, 0.3) is 0 Å². The van der Waals surface area contributed by atoms with Crippen LogP contribution in [-0.4, -0.2) is 32.7 Å². The lowest BCUT2D eigenvalue weighted by atomic mass is 9.60. The molecule has 2 aliphatic carbocycles. The van der Waals surface area contributed by atoms with E-state index in [-0.39, 0.29) is 4.05 Å². The summed E-state index contributed by atoms with van der Waals surface area (Å²) in [6.45, 7) is 14.4. The lowest BCUT2D eigenvalue weighted by Gasteiger charge is -2.44. The molecular weight excluding hydrogens is 573 g/mol. The van der Waals surface area contributed by atoms with E-state index >= 15 is 0 Å². The summed E-state index contributed by atoms with van der Waals surface area (Å²) < 4.78 is 6.59. The SMILES string of the molecule is C[N+]1=C(C2CC(C)(C)CC(C)(C)C2)CC=CC(NC(O)C2NC(C#N)=CN=I2)=C1C1=CCC(C)(C)CC1. The molecule has 1 saturated carbocycles. The van der Waals surface area contributed by atoms with Crippen molar-refractivity contribution in [3.05, 3.63) is 47.1 Å². The van der Waals surface area contributed by atoms with E-state index < -0.39 is 27.3 Å². The van der Waals surface area contributed by atoms with E-state index in [0.717, 1.165) is 31.4 Å². The van der Waals surface area contributed by atoms with Gasteiger partial charge in [0.1, 0.15) is 28.6 Å². The Labute approximate surface area is 233 Å². The minimum atomic E-state index is -0.827. The molecule has 3 N–H and O–H groups in total. The van der Waals surface area contributed by atoms with Gasteiger partial charge >= 0.3 is 0 Å². The van der Waals surface area contributed by atoms with Crippen LogP contribution in [0, 0.1) is 33.5 Å². The number of aliphatic hydroxyl groups is 1. The monoisotopic (exact) mass is 618 g/mol. The zero-order valence-corrected chi connectivity index (χ0v) is 25.8. The predicted octanol–water partition coefficient (Wildman–Crippen LogP) is 6.59. The van der Waals surface area contributed by atoms with Gasteiger partial charge in [0.05, 0.1) is 6.20 Å². The summed E-state index contributed by atoms with van der Waals surface area (Å²) >= 11 is -0.663. The van der Waals surface area contributed by atoms with Gasteiger partial charge in [-0.25, -0.2) is 7.72 Å². The third kappa shape index (κ3) is 6.81. The second-order valence-electron chi connectivity index (χ2n) is 13.6. The second kappa shape index (κ2) is 10.8. The summed E-state index contributed by atoms with van der Waals surface area (Å²) in [6, 6.07) is 2.12. The van der Waals surface area contributed by atoms with Crippen molar-refractivity contribution < 1.29 is 9.68 Å². The Bertz CT molecular complexity index is 1130. The third-order valence-electron chi connectivity index (χ3n) is 8.27. The van der Waals surface area contributed by atoms with Crippen molar-refractivity contribution in [3.63, 3.8) is 0 Å². The van der Waals surface area contributed by atoms with Crippen molar-refractivity contribution in [2.24, 2.45) is 25.3 Å². The number of aliphatic hydroxyl groups excluding tert-OH is 1. The Hall–Kier alpha value is -1.79. The molecule has 0 aromatic carbocycles. The predicted molar refractivity (Wildman–Crippen MR) is 159 cm³/mol. The van der Waals surface area contributed by atoms with E-state index in [1.807, 2.05) is 0 Å². The minimum absolute atomic E-state index is 0.253. The van der Waals surface area contributed by atoms with Gasteiger partial charge in [0.2, 0.25) is 5.70 Å². The van der Waals surface area contributed by atoms with Crippen LogP contribution < -0.4 is 10.6 Å². The van der Waals surface area contributed by atoms with Crippen LogP contribution in [-0.2, 0) is 0 Å². The van der Waals surface area contributed by atoms with Gasteiger partial charge in [-0.3, -0.25) is 0 Å². The molecule has 202 valence electrons. The Morgan fingerprint density at radius 2 is 1.89 bits per heavy atom. The van der Waals surface area contributed by atoms with E-state index in [0.29, 0.717) is 27.9 Å². The fraction of sp³-hybridized carbons (Fsp3) is 0.667. The molecule has 0 aromatic heterocycles. The van der Waals surface area contributed by atoms with Gasteiger partial charge in [-0.1, -0.05) is 53.7 Å². The molecule has 0 radical (unpaired) electrons. The molecule has 7 heteroatoms. The van der Waals surface area contributed by atoms with Gasteiger partial charge in [0, 0.05) is 38.9 Å². The lowest BCUT2D eigenvalue weighted by Crippen LogP contribution is -2.45. The van der Waals surface area contributed by atoms with Crippen LogP contribution in [0.1, 0.15) is 86.5 Å². The number of nitrogens with zero attached hydrogens (tertiary/aromatic N) is 3. The minimum Gasteiger partial charge on any atom is -0.371 e. The van der Waals surface area contributed by atoms with Crippen molar-refractivity contribution in [1.82, 2.24) is 10.6 Å².